The highest BCUT2D eigenvalue weighted by molar-refractivity contribution is 5.27. The number of hydrogen-bond donors (Lipinski definition) is 1. The molecule has 2 nitrogen and oxygen atoms in total. The number of nitrogens with one attached hydrogen (secondary N) is 1. The van der Waals surface area contributed by atoms with E-state index in [-0.39, 0.29) is 11.4 Å². The van der Waals surface area contributed by atoms with Gasteiger partial charge in [0.1, 0.15) is 5.82 Å². The van der Waals surface area contributed by atoms with E-state index in [1.807, 2.05) is 25.1 Å². The first-order valence-corrected chi connectivity index (χ1v) is 7.81. The highest BCUT2D eigenvalue weighted by Crippen LogP contribution is 2.25. The number of halogens is 1. The summed E-state index contributed by atoms with van der Waals surface area (Å²) in [6.45, 7) is 4.23. The summed E-state index contributed by atoms with van der Waals surface area (Å²) in [5.41, 5.74) is 2.82. The van der Waals surface area contributed by atoms with Crippen LogP contribution in [-0.2, 0) is 17.6 Å². The second kappa shape index (κ2) is 6.59. The Morgan fingerprint density at radius 2 is 1.86 bits per heavy atom. The molecule has 0 radical (unpaired) electrons. The molecule has 2 aromatic carbocycles. The summed E-state index contributed by atoms with van der Waals surface area (Å²) in [4.78, 5) is 0. The van der Waals surface area contributed by atoms with Crippen LogP contribution in [0.25, 0.3) is 0 Å². The van der Waals surface area contributed by atoms with E-state index in [0.717, 1.165) is 31.5 Å². The van der Waals surface area contributed by atoms with E-state index in [1.54, 1.807) is 6.07 Å². The Labute approximate surface area is 131 Å². The summed E-state index contributed by atoms with van der Waals surface area (Å²) in [5.74, 6) is -0.149. The molecule has 1 aliphatic heterocycles. The predicted molar refractivity (Wildman–Crippen MR) is 86.5 cm³/mol. The molecular formula is C19H22FNO. The Kier molecular flexibility index (Phi) is 4.55. The maximum absolute atomic E-state index is 13.5. The van der Waals surface area contributed by atoms with E-state index >= 15 is 0 Å². The second-order valence-electron chi connectivity index (χ2n) is 6.13. The Morgan fingerprint density at radius 1 is 1.09 bits per heavy atom. The molecule has 22 heavy (non-hydrogen) atoms. The average Bonchev–Trinajstić information content (AvgIpc) is 2.53. The van der Waals surface area contributed by atoms with Gasteiger partial charge < -0.3 is 10.1 Å². The zero-order chi connectivity index (χ0) is 15.4. The van der Waals surface area contributed by atoms with E-state index in [1.165, 1.54) is 5.56 Å². The second-order valence-corrected chi connectivity index (χ2v) is 6.13. The highest BCUT2D eigenvalue weighted by atomic mass is 19.1. The fourth-order valence-corrected chi connectivity index (χ4v) is 3.15. The van der Waals surface area contributed by atoms with Gasteiger partial charge in [-0.15, -0.1) is 0 Å². The summed E-state index contributed by atoms with van der Waals surface area (Å²) in [7, 11) is 0. The van der Waals surface area contributed by atoms with Crippen molar-refractivity contribution in [2.45, 2.75) is 25.4 Å². The summed E-state index contributed by atoms with van der Waals surface area (Å²) >= 11 is 0. The largest absolute Gasteiger partial charge is 0.372 e. The number of rotatable bonds is 4. The predicted octanol–water partition coefficient (Wildman–Crippen LogP) is 3.28. The Balaban J connectivity index is 1.83. The van der Waals surface area contributed by atoms with Gasteiger partial charge in [-0.25, -0.2) is 4.39 Å². The Hall–Kier alpha value is -1.71. The van der Waals surface area contributed by atoms with Crippen molar-refractivity contribution in [2.75, 3.05) is 19.7 Å². The van der Waals surface area contributed by atoms with E-state index in [4.69, 9.17) is 4.74 Å². The summed E-state index contributed by atoms with van der Waals surface area (Å²) < 4.78 is 19.7. The molecule has 0 saturated carbocycles. The Bertz CT molecular complexity index is 621. The van der Waals surface area contributed by atoms with Crippen LogP contribution in [0.15, 0.2) is 48.5 Å². The molecule has 1 atom stereocenters. The molecule has 1 aliphatic rings. The van der Waals surface area contributed by atoms with Crippen molar-refractivity contribution in [3.63, 3.8) is 0 Å². The standard InChI is InChI=1S/C19H22FNO/c1-15-11-17(7-8-18(15)20)13-19(14-21-9-10-22-19)12-16-5-3-2-4-6-16/h2-8,11,21H,9-10,12-14H2,1H3. The van der Waals surface area contributed by atoms with E-state index < -0.39 is 0 Å². The van der Waals surface area contributed by atoms with Crippen molar-refractivity contribution in [2.24, 2.45) is 0 Å². The molecule has 2 aromatic rings. The maximum atomic E-state index is 13.5. The third kappa shape index (κ3) is 3.54. The van der Waals surface area contributed by atoms with E-state index in [9.17, 15) is 4.39 Å². The van der Waals surface area contributed by atoms with E-state index in [2.05, 4.69) is 29.6 Å². The summed E-state index contributed by atoms with van der Waals surface area (Å²) in [6, 6.07) is 15.8. The zero-order valence-electron chi connectivity index (χ0n) is 12.9. The monoisotopic (exact) mass is 299 g/mol. The van der Waals surface area contributed by atoms with Gasteiger partial charge in [-0.3, -0.25) is 0 Å². The molecule has 1 fully saturated rings. The van der Waals surface area contributed by atoms with Gasteiger partial charge in [0.05, 0.1) is 12.2 Å². The molecule has 0 spiro atoms. The molecule has 0 bridgehead atoms. The molecule has 1 saturated heterocycles. The molecule has 3 rings (SSSR count). The Morgan fingerprint density at radius 3 is 2.55 bits per heavy atom. The van der Waals surface area contributed by atoms with Gasteiger partial charge >= 0.3 is 0 Å². The average molecular weight is 299 g/mol. The van der Waals surface area contributed by atoms with Crippen molar-refractivity contribution in [3.8, 4) is 0 Å². The van der Waals surface area contributed by atoms with Crippen LogP contribution in [0.5, 0.6) is 0 Å². The summed E-state index contributed by atoms with van der Waals surface area (Å²) in [6.07, 6.45) is 1.65. The normalized spacial score (nSPS) is 21.7. The minimum atomic E-state index is -0.260. The van der Waals surface area contributed by atoms with Crippen molar-refractivity contribution in [1.29, 1.82) is 0 Å². The smallest absolute Gasteiger partial charge is 0.126 e. The van der Waals surface area contributed by atoms with E-state index in [0.29, 0.717) is 12.2 Å². The van der Waals surface area contributed by atoms with Gasteiger partial charge in [0.2, 0.25) is 0 Å². The molecule has 0 amide bonds. The SMILES string of the molecule is Cc1cc(CC2(Cc3ccccc3)CNCCO2)ccc1F. The van der Waals surface area contributed by atoms with Crippen LogP contribution >= 0.6 is 0 Å². The van der Waals surface area contributed by atoms with Crippen molar-refractivity contribution in [3.05, 3.63) is 71.0 Å². The quantitative estimate of drug-likeness (QED) is 0.935. The number of hydrogen-bond acceptors (Lipinski definition) is 2. The van der Waals surface area contributed by atoms with Gasteiger partial charge in [0.25, 0.3) is 0 Å². The van der Waals surface area contributed by atoms with Gasteiger partial charge in [0, 0.05) is 25.9 Å². The molecule has 3 heteroatoms. The first kappa shape index (κ1) is 15.2. The lowest BCUT2D eigenvalue weighted by molar-refractivity contribution is -0.0649. The molecule has 1 heterocycles. The van der Waals surface area contributed by atoms with Crippen molar-refractivity contribution < 1.29 is 9.13 Å². The van der Waals surface area contributed by atoms with Crippen molar-refractivity contribution in [1.82, 2.24) is 5.32 Å². The molecule has 0 aliphatic carbocycles. The minimum Gasteiger partial charge on any atom is -0.372 e. The first-order valence-electron chi connectivity index (χ1n) is 7.81. The zero-order valence-corrected chi connectivity index (χ0v) is 12.9. The fraction of sp³-hybridized carbons (Fsp3) is 0.368. The van der Waals surface area contributed by atoms with Crippen LogP contribution in [0.2, 0.25) is 0 Å². The van der Waals surface area contributed by atoms with Crippen LogP contribution in [0.4, 0.5) is 4.39 Å². The van der Waals surface area contributed by atoms with Crippen LogP contribution in [0.3, 0.4) is 0 Å². The number of morpholine rings is 1. The number of ether oxygens (including phenoxy) is 1. The van der Waals surface area contributed by atoms with Gasteiger partial charge in [0.15, 0.2) is 0 Å². The van der Waals surface area contributed by atoms with Gasteiger partial charge in [-0.2, -0.15) is 0 Å². The molecular weight excluding hydrogens is 277 g/mol. The lowest BCUT2D eigenvalue weighted by atomic mass is 9.86. The van der Waals surface area contributed by atoms with Crippen LogP contribution in [0.1, 0.15) is 16.7 Å². The van der Waals surface area contributed by atoms with Crippen LogP contribution < -0.4 is 5.32 Å². The van der Waals surface area contributed by atoms with Crippen LogP contribution in [0, 0.1) is 12.7 Å². The van der Waals surface area contributed by atoms with Gasteiger partial charge in [-0.1, -0.05) is 42.5 Å². The first-order chi connectivity index (χ1) is 10.7. The molecule has 116 valence electrons. The topological polar surface area (TPSA) is 21.3 Å². The van der Waals surface area contributed by atoms with Gasteiger partial charge in [-0.05, 0) is 29.7 Å². The molecule has 0 aromatic heterocycles. The fourth-order valence-electron chi connectivity index (χ4n) is 3.15. The van der Waals surface area contributed by atoms with Crippen molar-refractivity contribution >= 4 is 0 Å². The number of benzene rings is 2. The lowest BCUT2D eigenvalue weighted by Gasteiger charge is -2.38. The molecule has 1 N–H and O–H groups in total. The maximum Gasteiger partial charge on any atom is 0.126 e. The third-order valence-electron chi connectivity index (χ3n) is 4.25. The van der Waals surface area contributed by atoms with Crippen LogP contribution in [-0.4, -0.2) is 25.3 Å². The summed E-state index contributed by atoms with van der Waals surface area (Å²) in [5, 5.41) is 3.44. The number of aryl methyl sites for hydroxylation is 1. The lowest BCUT2D eigenvalue weighted by Crippen LogP contribution is -2.52. The minimum absolute atomic E-state index is 0.149. The highest BCUT2D eigenvalue weighted by Gasteiger charge is 2.33. The third-order valence-corrected chi connectivity index (χ3v) is 4.25. The molecule has 1 unspecified atom stereocenters.